The number of nitrogen functional groups attached to an aromatic ring is 1. The van der Waals surface area contributed by atoms with Crippen molar-refractivity contribution in [3.05, 3.63) is 287 Å². The molecule has 5 heterocycles. The lowest BCUT2D eigenvalue weighted by molar-refractivity contribution is 0.565. The van der Waals surface area contributed by atoms with Crippen LogP contribution in [0.1, 0.15) is 44.5 Å². The van der Waals surface area contributed by atoms with Crippen molar-refractivity contribution >= 4 is 123 Å². The van der Waals surface area contributed by atoms with Crippen LogP contribution in [0.15, 0.2) is 321 Å². The lowest BCUT2D eigenvalue weighted by atomic mass is 10.1. The zero-order chi connectivity index (χ0) is 85.9. The highest BCUT2D eigenvalue weighted by molar-refractivity contribution is 7.98. The summed E-state index contributed by atoms with van der Waals surface area (Å²) in [4.78, 5) is 14.4. The molecule has 8 bridgehead atoms. The summed E-state index contributed by atoms with van der Waals surface area (Å²) in [6, 6.07) is 51.0. The highest BCUT2D eigenvalue weighted by Crippen LogP contribution is 2.56. The summed E-state index contributed by atoms with van der Waals surface area (Å²) >= 11 is 0. The van der Waals surface area contributed by atoms with E-state index >= 15 is 67.3 Å². The molecule has 0 spiro atoms. The van der Waals surface area contributed by atoms with E-state index in [9.17, 15) is 0 Å². The van der Waals surface area contributed by atoms with E-state index < -0.39 is 208 Å². The van der Waals surface area contributed by atoms with E-state index in [0.29, 0.717) is 44.5 Å². The molecule has 33 heteroatoms. The number of nitrogens with one attached hydrogen (secondary N) is 1. The van der Waals surface area contributed by atoms with Crippen molar-refractivity contribution in [2.45, 2.75) is 134 Å². The second-order valence-corrected chi connectivity index (χ2v) is 44.7. The largest absolute Gasteiger partial charge is 0.336 e. The summed E-state index contributed by atoms with van der Waals surface area (Å²) in [6.45, 7) is 12.8. The van der Waals surface area contributed by atoms with E-state index in [1.54, 1.807) is 91.8 Å². The number of hydrogen-bond donors (Lipinski definition) is 2. The minimum atomic E-state index is -5.99. The van der Waals surface area contributed by atoms with E-state index in [0.717, 1.165) is 102 Å². The normalized spacial score (nSPS) is 12.9. The van der Waals surface area contributed by atoms with Crippen LogP contribution in [0, 0.1) is 55.4 Å². The quantitative estimate of drug-likeness (QED) is 0.0848. The number of H-pyrrole nitrogens is 1. The van der Waals surface area contributed by atoms with Crippen LogP contribution in [0.2, 0.25) is 0 Å². The predicted octanol–water partition coefficient (Wildman–Crippen LogP) is 15.2. The Labute approximate surface area is 696 Å². The Morgan fingerprint density at radius 3 is 0.702 bits per heavy atom. The summed E-state index contributed by atoms with van der Waals surface area (Å²) in [5.74, 6) is 4.52. The number of rotatable bonds is 16. The van der Waals surface area contributed by atoms with Gasteiger partial charge in [-0.05, 0) is 152 Å². The van der Waals surface area contributed by atoms with Gasteiger partial charge in [0.05, 0.1) is 61.1 Å². The van der Waals surface area contributed by atoms with Gasteiger partial charge >= 0.3 is 0 Å². The summed E-state index contributed by atoms with van der Waals surface area (Å²) in [6.07, 6.45) is 0. The zero-order valence-corrected chi connectivity index (χ0v) is 71.6. The van der Waals surface area contributed by atoms with Crippen molar-refractivity contribution in [1.29, 1.82) is 0 Å². The molecule has 2 aliphatic heterocycles. The molecule has 12 aromatic carbocycles. The molecule has 0 atom stereocenters. The first-order chi connectivity index (χ1) is 57.2. The van der Waals surface area contributed by atoms with Crippen LogP contribution in [0.5, 0.6) is 0 Å². The van der Waals surface area contributed by atoms with Crippen LogP contribution in [0.25, 0.3) is 89.7 Å². The van der Waals surface area contributed by atoms with Crippen molar-refractivity contribution < 1.29 is 67.3 Å². The van der Waals surface area contributed by atoms with Crippen LogP contribution >= 0.6 is 0 Å². The molecule has 608 valence electrons. The second kappa shape index (κ2) is 28.8. The number of hydrogen-bond acceptors (Lipinski definition) is 23. The number of nitrogens with zero attached hydrogens (tertiary/aromatic N) is 7. The molecule has 0 unspecified atom stereocenters. The highest BCUT2D eigenvalue weighted by atomic mass is 32.2. The Balaban J connectivity index is 1.26. The Morgan fingerprint density at radius 2 is 0.430 bits per heavy atom. The van der Waals surface area contributed by atoms with Gasteiger partial charge in [0.25, 0.3) is 0 Å². The fourth-order valence-corrected chi connectivity index (χ4v) is 30.9. The molecule has 121 heavy (non-hydrogen) atoms. The molecular weight excluding hydrogens is 1700 g/mol. The summed E-state index contributed by atoms with van der Waals surface area (Å²) < 4.78 is 276. The molecule has 0 fully saturated rings. The van der Waals surface area contributed by atoms with Gasteiger partial charge in [0.1, 0.15) is 50.5 Å². The molecular formula is C88H67N9O16S8. The van der Waals surface area contributed by atoms with Crippen LogP contribution < -0.4 is 5.84 Å². The molecule has 2 aliphatic rings. The molecule has 25 nitrogen and oxygen atoms in total. The van der Waals surface area contributed by atoms with Gasteiger partial charge in [-0.2, -0.15) is 0 Å². The van der Waals surface area contributed by atoms with E-state index in [1.165, 1.54) is 109 Å². The van der Waals surface area contributed by atoms with Crippen molar-refractivity contribution in [1.82, 2.24) is 39.6 Å². The average molecular weight is 1760 g/mol. The Bertz CT molecular complexity index is 8230. The number of sulfone groups is 8. The maximum absolute atomic E-state index is 17.4. The third-order valence-corrected chi connectivity index (χ3v) is 36.6. The molecule has 0 saturated heterocycles. The standard InChI is InChI=1S/C88H67N9O16S8/c1-49-17-33-57(34-18-49)114(98,99)73-69-70(74(115(100,101)58-35-19-50(2)20-36-58)78(119(108,109)62-43-27-54(6)28-44-62)77(73)118(106,107)61-41-25-53(5)26-42-61)84-92-83(69)91-81-65-13-9-10-14-66(65)82(90-81)95-87-67-15-11-12-16-68(67)88(97(87)89)96-86-72-71(85(93-84)94-86)75(116(102,103)59-37-21-51(3)22-38-59)79(120(110,111)63-45-29-55(7)30-46-63)80(121(112,113)64-47-31-56(8)32-48-64)76(72)117(104,105)60-39-23-52(4)24-40-60/h9-48H,89H2,1-8H3,(H,90,91,92,93,94,95,96). The van der Waals surface area contributed by atoms with Crippen LogP contribution in [-0.2, 0) is 78.7 Å². The third kappa shape index (κ3) is 13.1. The Hall–Kier alpha value is -12.6. The minimum absolute atomic E-state index is 0.0940. The van der Waals surface area contributed by atoms with Gasteiger partial charge in [0.15, 0.2) is 34.6 Å². The fraction of sp³-hybridized carbons (Fsp3) is 0.0909. The van der Waals surface area contributed by atoms with Gasteiger partial charge in [-0.1, -0.05) is 190 Å². The van der Waals surface area contributed by atoms with E-state index in [-0.39, 0.29) is 39.2 Å². The maximum atomic E-state index is 17.4. The number of aryl methyl sites for hydroxylation is 8. The van der Waals surface area contributed by atoms with Crippen molar-refractivity contribution in [3.63, 3.8) is 0 Å². The van der Waals surface area contributed by atoms with Crippen molar-refractivity contribution in [2.24, 2.45) is 0 Å². The monoisotopic (exact) mass is 1760 g/mol. The molecule has 3 aromatic heterocycles. The van der Waals surface area contributed by atoms with Crippen LogP contribution in [0.3, 0.4) is 0 Å². The van der Waals surface area contributed by atoms with Gasteiger partial charge in [0.2, 0.25) is 78.7 Å². The molecule has 0 saturated carbocycles. The highest BCUT2D eigenvalue weighted by Gasteiger charge is 2.51. The average Bonchev–Trinajstić information content (AvgIpc) is 1.65. The van der Waals surface area contributed by atoms with Crippen LogP contribution in [0.4, 0.5) is 0 Å². The van der Waals surface area contributed by atoms with Crippen LogP contribution in [-0.4, -0.2) is 107 Å². The summed E-state index contributed by atoms with van der Waals surface area (Å²) in [5.41, 5.74) is -0.947. The van der Waals surface area contributed by atoms with Gasteiger partial charge in [-0.25, -0.2) is 102 Å². The topological polar surface area (TPSA) is 397 Å². The van der Waals surface area contributed by atoms with Crippen molar-refractivity contribution in [2.75, 3.05) is 5.84 Å². The van der Waals surface area contributed by atoms with Gasteiger partial charge in [0, 0.05) is 21.9 Å². The smallest absolute Gasteiger partial charge is 0.209 e. The van der Waals surface area contributed by atoms with E-state index in [2.05, 4.69) is 4.98 Å². The number of aromatic nitrogens is 8. The number of benzene rings is 12. The minimum Gasteiger partial charge on any atom is -0.336 e. The molecule has 0 radical (unpaired) electrons. The lowest BCUT2D eigenvalue weighted by Gasteiger charge is -2.23. The molecule has 17 rings (SSSR count). The Morgan fingerprint density at radius 1 is 0.231 bits per heavy atom. The predicted molar refractivity (Wildman–Crippen MR) is 453 cm³/mol. The first-order valence-corrected chi connectivity index (χ1v) is 48.9. The maximum Gasteiger partial charge on any atom is 0.209 e. The fourth-order valence-electron chi connectivity index (χ4n) is 14.8. The molecule has 0 amide bonds. The molecule has 0 aliphatic carbocycles. The lowest BCUT2D eigenvalue weighted by Crippen LogP contribution is -2.22. The third-order valence-electron chi connectivity index (χ3n) is 21.2. The Kier molecular flexibility index (Phi) is 19.2. The van der Waals surface area contributed by atoms with Crippen molar-refractivity contribution in [3.8, 4) is 45.6 Å². The van der Waals surface area contributed by atoms with Gasteiger partial charge < -0.3 is 10.8 Å². The van der Waals surface area contributed by atoms with E-state index in [1.807, 2.05) is 0 Å². The second-order valence-electron chi connectivity index (χ2n) is 29.6. The molecule has 15 aromatic rings. The number of fused-ring (bicyclic) bond motifs is 20. The summed E-state index contributed by atoms with van der Waals surface area (Å²) in [5, 5.41) is -1.94. The molecule has 3 N–H and O–H groups in total. The zero-order valence-electron chi connectivity index (χ0n) is 65.1. The first kappa shape index (κ1) is 80.8. The summed E-state index contributed by atoms with van der Waals surface area (Å²) in [7, 11) is -47.3. The first-order valence-electron chi connectivity index (χ1n) is 37.0. The SMILES string of the molecule is Cc1ccc(S(=O)(=O)c2c3c(c(S(=O)(=O)c4ccc(C)cc4)c(S(=O)(=O)c4ccc(C)cc4)c2S(=O)(=O)c2ccc(C)cc2)-c2nc-3nc3[nH]c(nc4nc(nc5c6ccccc6c(n2)n5N)-c2ccccc2-4)c2c(S(=O)(=O)c4ccc(C)cc4)c(S(=O)(=O)c4ccc(C)cc4)c(S(=O)(=O)c4ccc(C)cc4)c(S(=O)(=O)c4ccc(C)cc4)c32)cc1. The van der Waals surface area contributed by atoms with E-state index in [4.69, 9.17) is 35.7 Å². The number of nitrogens with two attached hydrogens (primary N) is 1. The van der Waals surface area contributed by atoms with Gasteiger partial charge in [-0.3, -0.25) is 0 Å². The van der Waals surface area contributed by atoms with Gasteiger partial charge in [-0.15, -0.1) is 0 Å². The number of aromatic amines is 1.